The van der Waals surface area contributed by atoms with E-state index in [2.05, 4.69) is 0 Å². The Bertz CT molecular complexity index is 374. The molecule has 0 saturated carbocycles. The van der Waals surface area contributed by atoms with E-state index in [1.54, 1.807) is 6.07 Å². The van der Waals surface area contributed by atoms with Crippen molar-refractivity contribution in [1.29, 1.82) is 5.41 Å². The minimum atomic E-state index is -0.211. The highest BCUT2D eigenvalue weighted by molar-refractivity contribution is 5.98. The molecule has 14 heavy (non-hydrogen) atoms. The van der Waals surface area contributed by atoms with Gasteiger partial charge in [-0.05, 0) is 37.1 Å². The normalized spacial score (nSPS) is 16.4. The summed E-state index contributed by atoms with van der Waals surface area (Å²) in [6.07, 6.45) is 1.85. The van der Waals surface area contributed by atoms with E-state index >= 15 is 0 Å². The molecular formula is C11H13FN2. The average Bonchev–Trinajstić information content (AvgIpc) is 2.52. The minimum Gasteiger partial charge on any atom is -0.330 e. The zero-order valence-electron chi connectivity index (χ0n) is 8.18. The van der Waals surface area contributed by atoms with E-state index in [4.69, 9.17) is 5.41 Å². The molecule has 0 atom stereocenters. The Balaban J connectivity index is 2.36. The van der Waals surface area contributed by atoms with Gasteiger partial charge in [0.2, 0.25) is 0 Å². The molecule has 74 valence electrons. The maximum Gasteiger partial charge on any atom is 0.123 e. The number of rotatable bonds is 1. The number of nitrogens with one attached hydrogen (secondary N) is 1. The Morgan fingerprint density at radius 2 is 2.21 bits per heavy atom. The molecule has 1 aromatic carbocycles. The van der Waals surface area contributed by atoms with Gasteiger partial charge in [-0.25, -0.2) is 4.39 Å². The number of hydrogen-bond acceptors (Lipinski definition) is 1. The standard InChI is InChI=1S/C11H13FN2/c1-8-7-9(12)4-5-10(8)14-6-2-3-11(14)13/h4-5,7,13H,2-3,6H2,1H3. The maximum absolute atomic E-state index is 12.9. The lowest BCUT2D eigenvalue weighted by molar-refractivity contribution is 0.626. The fourth-order valence-corrected chi connectivity index (χ4v) is 1.86. The van der Waals surface area contributed by atoms with Gasteiger partial charge in [-0.15, -0.1) is 0 Å². The van der Waals surface area contributed by atoms with E-state index in [1.807, 2.05) is 11.8 Å². The van der Waals surface area contributed by atoms with Crippen LogP contribution in [0.1, 0.15) is 18.4 Å². The van der Waals surface area contributed by atoms with Crippen molar-refractivity contribution >= 4 is 11.5 Å². The highest BCUT2D eigenvalue weighted by atomic mass is 19.1. The van der Waals surface area contributed by atoms with Gasteiger partial charge in [-0.1, -0.05) is 0 Å². The Morgan fingerprint density at radius 1 is 1.43 bits per heavy atom. The third kappa shape index (κ3) is 1.50. The van der Waals surface area contributed by atoms with E-state index in [9.17, 15) is 4.39 Å². The van der Waals surface area contributed by atoms with Crippen LogP contribution in [0.5, 0.6) is 0 Å². The lowest BCUT2D eigenvalue weighted by atomic mass is 10.2. The Morgan fingerprint density at radius 3 is 2.79 bits per heavy atom. The molecule has 1 heterocycles. The van der Waals surface area contributed by atoms with Crippen molar-refractivity contribution in [2.75, 3.05) is 11.4 Å². The summed E-state index contributed by atoms with van der Waals surface area (Å²) >= 11 is 0. The topological polar surface area (TPSA) is 27.1 Å². The summed E-state index contributed by atoms with van der Waals surface area (Å²) in [5.74, 6) is 0.427. The lowest BCUT2D eigenvalue weighted by Crippen LogP contribution is -2.23. The van der Waals surface area contributed by atoms with E-state index in [0.29, 0.717) is 5.84 Å². The van der Waals surface area contributed by atoms with Gasteiger partial charge in [-0.2, -0.15) is 0 Å². The summed E-state index contributed by atoms with van der Waals surface area (Å²) in [6.45, 7) is 2.76. The first-order valence-electron chi connectivity index (χ1n) is 4.79. The predicted octanol–water partition coefficient (Wildman–Crippen LogP) is 2.71. The molecule has 2 nitrogen and oxygen atoms in total. The smallest absolute Gasteiger partial charge is 0.123 e. The number of nitrogens with zero attached hydrogens (tertiary/aromatic N) is 1. The third-order valence-electron chi connectivity index (χ3n) is 2.57. The molecule has 0 unspecified atom stereocenters. The molecule has 0 bridgehead atoms. The summed E-state index contributed by atoms with van der Waals surface area (Å²) in [5, 5.41) is 7.73. The number of benzene rings is 1. The Hall–Kier alpha value is -1.38. The molecule has 1 fully saturated rings. The second-order valence-electron chi connectivity index (χ2n) is 3.63. The molecule has 1 N–H and O–H groups in total. The van der Waals surface area contributed by atoms with Gasteiger partial charge in [0.25, 0.3) is 0 Å². The summed E-state index contributed by atoms with van der Waals surface area (Å²) in [4.78, 5) is 1.95. The molecule has 0 aliphatic carbocycles. The minimum absolute atomic E-state index is 0.211. The van der Waals surface area contributed by atoms with Crippen LogP contribution in [0.3, 0.4) is 0 Å². The summed E-state index contributed by atoms with van der Waals surface area (Å²) in [6, 6.07) is 4.72. The zero-order chi connectivity index (χ0) is 10.1. The van der Waals surface area contributed by atoms with Gasteiger partial charge in [0.1, 0.15) is 11.7 Å². The highest BCUT2D eigenvalue weighted by Crippen LogP contribution is 2.25. The van der Waals surface area contributed by atoms with Crippen LogP contribution in [0, 0.1) is 18.2 Å². The molecule has 2 rings (SSSR count). The molecule has 3 heteroatoms. The first-order chi connectivity index (χ1) is 6.68. The largest absolute Gasteiger partial charge is 0.330 e. The Kier molecular flexibility index (Phi) is 2.23. The van der Waals surface area contributed by atoms with E-state index in [-0.39, 0.29) is 5.82 Å². The number of hydrogen-bond donors (Lipinski definition) is 1. The fraction of sp³-hybridized carbons (Fsp3) is 0.364. The highest BCUT2D eigenvalue weighted by Gasteiger charge is 2.19. The second kappa shape index (κ2) is 3.40. The molecule has 1 saturated heterocycles. The van der Waals surface area contributed by atoms with Crippen molar-refractivity contribution in [1.82, 2.24) is 0 Å². The molecule has 0 aromatic heterocycles. The second-order valence-corrected chi connectivity index (χ2v) is 3.63. The molecule has 0 amide bonds. The Labute approximate surface area is 82.9 Å². The molecule has 1 aliphatic rings. The van der Waals surface area contributed by atoms with E-state index in [1.165, 1.54) is 12.1 Å². The maximum atomic E-state index is 12.9. The van der Waals surface area contributed by atoms with Crippen molar-refractivity contribution in [3.05, 3.63) is 29.6 Å². The first kappa shape index (κ1) is 9.19. The van der Waals surface area contributed by atoms with Crippen molar-refractivity contribution in [2.24, 2.45) is 0 Å². The SMILES string of the molecule is Cc1cc(F)ccc1N1CCCC1=N. The molecule has 1 aliphatic heterocycles. The third-order valence-corrected chi connectivity index (χ3v) is 2.57. The first-order valence-corrected chi connectivity index (χ1v) is 4.79. The molecule has 1 aromatic rings. The van der Waals surface area contributed by atoms with Crippen molar-refractivity contribution in [3.63, 3.8) is 0 Å². The number of aryl methyl sites for hydroxylation is 1. The predicted molar refractivity (Wildman–Crippen MR) is 55.4 cm³/mol. The number of halogens is 1. The van der Waals surface area contributed by atoms with Gasteiger partial charge in [0.15, 0.2) is 0 Å². The molecular weight excluding hydrogens is 179 g/mol. The van der Waals surface area contributed by atoms with Crippen LogP contribution in [0.4, 0.5) is 10.1 Å². The van der Waals surface area contributed by atoms with Gasteiger partial charge >= 0.3 is 0 Å². The molecule has 0 radical (unpaired) electrons. The van der Waals surface area contributed by atoms with Crippen LogP contribution in [0.15, 0.2) is 18.2 Å². The molecule has 0 spiro atoms. The van der Waals surface area contributed by atoms with Crippen LogP contribution in [-0.4, -0.2) is 12.4 Å². The van der Waals surface area contributed by atoms with Gasteiger partial charge < -0.3 is 4.90 Å². The van der Waals surface area contributed by atoms with Crippen LogP contribution in [0.25, 0.3) is 0 Å². The zero-order valence-corrected chi connectivity index (χ0v) is 8.18. The van der Waals surface area contributed by atoms with Crippen molar-refractivity contribution in [3.8, 4) is 0 Å². The van der Waals surface area contributed by atoms with Crippen LogP contribution in [0.2, 0.25) is 0 Å². The van der Waals surface area contributed by atoms with Crippen molar-refractivity contribution < 1.29 is 4.39 Å². The summed E-state index contributed by atoms with van der Waals surface area (Å²) in [7, 11) is 0. The average molecular weight is 192 g/mol. The van der Waals surface area contributed by atoms with Crippen LogP contribution < -0.4 is 4.90 Å². The van der Waals surface area contributed by atoms with Crippen LogP contribution >= 0.6 is 0 Å². The van der Waals surface area contributed by atoms with Crippen molar-refractivity contribution in [2.45, 2.75) is 19.8 Å². The van der Waals surface area contributed by atoms with E-state index in [0.717, 1.165) is 30.6 Å². The fourth-order valence-electron chi connectivity index (χ4n) is 1.86. The van der Waals surface area contributed by atoms with Gasteiger partial charge in [0, 0.05) is 18.7 Å². The number of amidine groups is 1. The summed E-state index contributed by atoms with van der Waals surface area (Å²) < 4.78 is 12.9. The number of anilines is 1. The summed E-state index contributed by atoms with van der Waals surface area (Å²) in [5.41, 5.74) is 1.87. The van der Waals surface area contributed by atoms with Gasteiger partial charge in [0.05, 0.1) is 0 Å². The van der Waals surface area contributed by atoms with E-state index < -0.39 is 0 Å². The van der Waals surface area contributed by atoms with Crippen LogP contribution in [-0.2, 0) is 0 Å². The van der Waals surface area contributed by atoms with Gasteiger partial charge in [-0.3, -0.25) is 5.41 Å². The quantitative estimate of drug-likeness (QED) is 0.727. The monoisotopic (exact) mass is 192 g/mol. The lowest BCUT2D eigenvalue weighted by Gasteiger charge is -2.20.